The first kappa shape index (κ1) is 13.8. The lowest BCUT2D eigenvalue weighted by atomic mass is 10.0. The second kappa shape index (κ2) is 5.68. The predicted molar refractivity (Wildman–Crippen MR) is 86.5 cm³/mol. The molecule has 4 nitrogen and oxygen atoms in total. The van der Waals surface area contributed by atoms with Gasteiger partial charge in [0.25, 0.3) is 0 Å². The third-order valence-corrected chi connectivity index (χ3v) is 3.88. The molecule has 0 saturated heterocycles. The molecule has 1 heterocycles. The fourth-order valence-corrected chi connectivity index (χ4v) is 2.78. The highest BCUT2D eigenvalue weighted by molar-refractivity contribution is 6.02. The fraction of sp³-hybridized carbons (Fsp3) is 0.235. The number of hydrogen-bond donors (Lipinski definition) is 2. The Balaban J connectivity index is 2.14. The van der Waals surface area contributed by atoms with Crippen LogP contribution >= 0.6 is 0 Å². The Hall–Kier alpha value is -2.17. The summed E-state index contributed by atoms with van der Waals surface area (Å²) in [4.78, 5) is 7.00. The molecule has 0 aromatic heterocycles. The third-order valence-electron chi connectivity index (χ3n) is 3.88. The van der Waals surface area contributed by atoms with Crippen molar-refractivity contribution in [3.8, 4) is 0 Å². The number of nitrogens with zero attached hydrogens (tertiary/aromatic N) is 2. The molecule has 2 aromatic carbocycles. The topological polar surface area (TPSA) is 53.6 Å². The molecular formula is C17H20N4. The molecule has 3 N–H and O–H groups in total. The zero-order chi connectivity index (χ0) is 14.8. The average molecular weight is 280 g/mol. The maximum absolute atomic E-state index is 5.72. The number of fused-ring (bicyclic) bond motifs is 1. The summed E-state index contributed by atoms with van der Waals surface area (Å²) in [6.07, 6.45) is 0.0401. The van der Waals surface area contributed by atoms with Gasteiger partial charge in [-0.2, -0.15) is 0 Å². The highest BCUT2D eigenvalue weighted by atomic mass is 15.3. The number of para-hydroxylation sites is 1. The first-order chi connectivity index (χ1) is 10.2. The number of nitrogens with two attached hydrogens (primary N) is 1. The lowest BCUT2D eigenvalue weighted by Crippen LogP contribution is -2.44. The van der Waals surface area contributed by atoms with Gasteiger partial charge in [0.1, 0.15) is 12.0 Å². The number of amidine groups is 1. The standard InChI is InChI=1S/C17H20N4/c1-12-7-3-4-8-13(12)17-20-15-10-6-5-9-14(15)16(19-11-18)21(17)2/h3-10,16,19H,11,18H2,1-2H3. The number of nitrogens with one attached hydrogen (secondary N) is 1. The first-order valence-corrected chi connectivity index (χ1v) is 7.12. The third kappa shape index (κ3) is 2.44. The van der Waals surface area contributed by atoms with E-state index < -0.39 is 0 Å². The summed E-state index contributed by atoms with van der Waals surface area (Å²) in [6, 6.07) is 16.5. The van der Waals surface area contributed by atoms with Crippen LogP contribution in [0.1, 0.15) is 22.9 Å². The van der Waals surface area contributed by atoms with E-state index in [1.807, 2.05) is 30.3 Å². The first-order valence-electron chi connectivity index (χ1n) is 7.12. The molecule has 0 bridgehead atoms. The van der Waals surface area contributed by atoms with E-state index in [0.717, 1.165) is 22.6 Å². The van der Waals surface area contributed by atoms with Gasteiger partial charge in [-0.3, -0.25) is 5.32 Å². The molecule has 4 heteroatoms. The van der Waals surface area contributed by atoms with Gasteiger partial charge in [0.15, 0.2) is 0 Å². The molecule has 2 aromatic rings. The van der Waals surface area contributed by atoms with Crippen LogP contribution in [-0.2, 0) is 0 Å². The summed E-state index contributed by atoms with van der Waals surface area (Å²) in [5.74, 6) is 0.970. The fourth-order valence-electron chi connectivity index (χ4n) is 2.78. The molecule has 1 aliphatic heterocycles. The van der Waals surface area contributed by atoms with Crippen molar-refractivity contribution in [2.24, 2.45) is 10.7 Å². The van der Waals surface area contributed by atoms with Gasteiger partial charge in [0, 0.05) is 24.8 Å². The zero-order valence-corrected chi connectivity index (χ0v) is 12.4. The van der Waals surface area contributed by atoms with Crippen LogP contribution in [0.3, 0.4) is 0 Å². The van der Waals surface area contributed by atoms with Gasteiger partial charge < -0.3 is 10.6 Å². The lowest BCUT2D eigenvalue weighted by Gasteiger charge is -2.36. The van der Waals surface area contributed by atoms with Crippen LogP contribution in [0.15, 0.2) is 53.5 Å². The Morgan fingerprint density at radius 1 is 1.14 bits per heavy atom. The van der Waals surface area contributed by atoms with Crippen LogP contribution in [0, 0.1) is 6.92 Å². The molecule has 1 unspecified atom stereocenters. The molecule has 3 rings (SSSR count). The highest BCUT2D eigenvalue weighted by Gasteiger charge is 2.27. The second-order valence-electron chi connectivity index (χ2n) is 5.23. The van der Waals surface area contributed by atoms with E-state index in [2.05, 4.69) is 42.4 Å². The Morgan fingerprint density at radius 3 is 2.62 bits per heavy atom. The Morgan fingerprint density at radius 2 is 1.86 bits per heavy atom. The van der Waals surface area contributed by atoms with Crippen molar-refractivity contribution in [1.29, 1.82) is 0 Å². The molecule has 0 amide bonds. The van der Waals surface area contributed by atoms with Crippen LogP contribution in [0.25, 0.3) is 0 Å². The molecule has 1 atom stereocenters. The molecular weight excluding hydrogens is 260 g/mol. The number of aliphatic imine (C=N–C) groups is 1. The molecule has 0 saturated carbocycles. The molecule has 1 aliphatic rings. The minimum atomic E-state index is 0.0401. The molecule has 0 radical (unpaired) electrons. The van der Waals surface area contributed by atoms with Crippen molar-refractivity contribution in [2.45, 2.75) is 13.1 Å². The normalized spacial score (nSPS) is 17.4. The van der Waals surface area contributed by atoms with E-state index in [1.165, 1.54) is 5.56 Å². The molecule has 0 spiro atoms. The van der Waals surface area contributed by atoms with Crippen molar-refractivity contribution in [3.05, 3.63) is 65.2 Å². The van der Waals surface area contributed by atoms with Crippen LogP contribution in [0.4, 0.5) is 5.69 Å². The molecule has 108 valence electrons. The van der Waals surface area contributed by atoms with Gasteiger partial charge in [-0.05, 0) is 18.6 Å². The Labute approximate surface area is 125 Å². The van der Waals surface area contributed by atoms with E-state index in [-0.39, 0.29) is 6.17 Å². The second-order valence-corrected chi connectivity index (χ2v) is 5.23. The van der Waals surface area contributed by atoms with Crippen molar-refractivity contribution in [3.63, 3.8) is 0 Å². The summed E-state index contributed by atoms with van der Waals surface area (Å²) in [5, 5.41) is 3.33. The van der Waals surface area contributed by atoms with Crippen LogP contribution in [0.2, 0.25) is 0 Å². The largest absolute Gasteiger partial charge is 0.339 e. The highest BCUT2D eigenvalue weighted by Crippen LogP contribution is 2.34. The van der Waals surface area contributed by atoms with Crippen LogP contribution in [0.5, 0.6) is 0 Å². The number of rotatable bonds is 3. The predicted octanol–water partition coefficient (Wildman–Crippen LogP) is 2.52. The van der Waals surface area contributed by atoms with E-state index >= 15 is 0 Å². The van der Waals surface area contributed by atoms with Gasteiger partial charge in [-0.25, -0.2) is 4.99 Å². The summed E-state index contributed by atoms with van der Waals surface area (Å²) in [6.45, 7) is 2.53. The number of hydrogen-bond acceptors (Lipinski definition) is 4. The Bertz CT molecular complexity index is 678. The van der Waals surface area contributed by atoms with Crippen molar-refractivity contribution in [1.82, 2.24) is 10.2 Å². The van der Waals surface area contributed by atoms with Crippen molar-refractivity contribution in [2.75, 3.05) is 13.7 Å². The Kier molecular flexibility index (Phi) is 3.73. The number of aryl methyl sites for hydroxylation is 1. The molecule has 0 fully saturated rings. The minimum Gasteiger partial charge on any atom is -0.339 e. The van der Waals surface area contributed by atoms with Gasteiger partial charge >= 0.3 is 0 Å². The monoisotopic (exact) mass is 280 g/mol. The van der Waals surface area contributed by atoms with Crippen LogP contribution < -0.4 is 11.1 Å². The smallest absolute Gasteiger partial charge is 0.138 e. The van der Waals surface area contributed by atoms with E-state index in [4.69, 9.17) is 10.7 Å². The van der Waals surface area contributed by atoms with Gasteiger partial charge in [-0.15, -0.1) is 0 Å². The zero-order valence-electron chi connectivity index (χ0n) is 12.4. The molecule has 21 heavy (non-hydrogen) atoms. The quantitative estimate of drug-likeness (QED) is 0.849. The van der Waals surface area contributed by atoms with Crippen LogP contribution in [-0.4, -0.2) is 24.5 Å². The van der Waals surface area contributed by atoms with E-state index in [0.29, 0.717) is 6.67 Å². The van der Waals surface area contributed by atoms with Gasteiger partial charge in [0.05, 0.1) is 5.69 Å². The molecule has 0 aliphatic carbocycles. The summed E-state index contributed by atoms with van der Waals surface area (Å²) >= 11 is 0. The van der Waals surface area contributed by atoms with Gasteiger partial charge in [0.2, 0.25) is 0 Å². The number of benzene rings is 2. The van der Waals surface area contributed by atoms with Gasteiger partial charge in [-0.1, -0.05) is 42.5 Å². The van der Waals surface area contributed by atoms with E-state index in [9.17, 15) is 0 Å². The van der Waals surface area contributed by atoms with Crippen molar-refractivity contribution < 1.29 is 0 Å². The maximum atomic E-state index is 5.72. The average Bonchev–Trinajstić information content (AvgIpc) is 2.51. The summed E-state index contributed by atoms with van der Waals surface area (Å²) in [5.41, 5.74) is 10.2. The minimum absolute atomic E-state index is 0.0401. The van der Waals surface area contributed by atoms with E-state index in [1.54, 1.807) is 0 Å². The van der Waals surface area contributed by atoms with Crippen molar-refractivity contribution >= 4 is 11.5 Å². The SMILES string of the molecule is Cc1ccccc1C1=Nc2ccccc2C(NCN)N1C. The summed E-state index contributed by atoms with van der Waals surface area (Å²) in [7, 11) is 2.05. The summed E-state index contributed by atoms with van der Waals surface area (Å²) < 4.78 is 0. The maximum Gasteiger partial charge on any atom is 0.138 e. The lowest BCUT2D eigenvalue weighted by molar-refractivity contribution is 0.311.